The second kappa shape index (κ2) is 8.58. The van der Waals surface area contributed by atoms with Crippen LogP contribution in [0.3, 0.4) is 0 Å². The molecule has 0 fully saturated rings. The minimum atomic E-state index is -1.20. The van der Waals surface area contributed by atoms with Crippen LogP contribution in [-0.2, 0) is 16.1 Å². The number of hydrogen-bond acceptors (Lipinski definition) is 5. The molecule has 24 heavy (non-hydrogen) atoms. The smallest absolute Gasteiger partial charge is 0.293 e. The van der Waals surface area contributed by atoms with Crippen molar-refractivity contribution in [3.05, 3.63) is 57.2 Å². The molecule has 1 heterocycles. The van der Waals surface area contributed by atoms with Crippen LogP contribution in [0.5, 0.6) is 0 Å². The monoisotopic (exact) mass is 366 g/mol. The Hall–Kier alpha value is -2.22. The van der Waals surface area contributed by atoms with E-state index in [2.05, 4.69) is 10.6 Å². The van der Waals surface area contributed by atoms with Gasteiger partial charge in [0.2, 0.25) is 5.91 Å². The number of nitrogens with one attached hydrogen (secondary N) is 2. The van der Waals surface area contributed by atoms with E-state index < -0.39 is 30.2 Å². The molecule has 2 aromatic rings. The highest BCUT2D eigenvalue weighted by Gasteiger charge is 2.24. The van der Waals surface area contributed by atoms with Crippen molar-refractivity contribution in [1.82, 2.24) is 10.6 Å². The number of carbonyl (C=O) groups excluding carboxylic acids is 3. The van der Waals surface area contributed by atoms with E-state index in [4.69, 9.17) is 11.6 Å². The number of halogens is 1. The van der Waals surface area contributed by atoms with Crippen LogP contribution in [0.1, 0.15) is 15.2 Å². The Labute approximate surface area is 147 Å². The van der Waals surface area contributed by atoms with Crippen molar-refractivity contribution in [1.29, 1.82) is 0 Å². The molecular formula is C16H15ClN2O4S. The first kappa shape index (κ1) is 18.1. The Bertz CT molecular complexity index is 716. The van der Waals surface area contributed by atoms with Gasteiger partial charge in [0.15, 0.2) is 0 Å². The molecule has 0 saturated carbocycles. The van der Waals surface area contributed by atoms with E-state index in [0.717, 1.165) is 16.9 Å². The molecule has 0 aliphatic carbocycles. The van der Waals surface area contributed by atoms with Crippen LogP contribution in [-0.4, -0.2) is 35.4 Å². The molecule has 1 aromatic heterocycles. The van der Waals surface area contributed by atoms with Gasteiger partial charge in [0, 0.05) is 11.6 Å². The maximum atomic E-state index is 12.0. The number of amides is 2. The van der Waals surface area contributed by atoms with Gasteiger partial charge in [0.05, 0.1) is 11.5 Å². The number of thiophene rings is 1. The Kier molecular flexibility index (Phi) is 6.48. The largest absolute Gasteiger partial charge is 0.394 e. The number of ketones is 1. The summed E-state index contributed by atoms with van der Waals surface area (Å²) in [5.41, 5.74) is 0.811. The highest BCUT2D eigenvalue weighted by atomic mass is 35.5. The Morgan fingerprint density at radius 1 is 1.17 bits per heavy atom. The SMILES string of the molecule is O=C(NC(CO)C(=O)NCc1ccc(Cl)cc1)C(=O)c1cccs1. The lowest BCUT2D eigenvalue weighted by Gasteiger charge is -2.15. The molecule has 2 amide bonds. The molecule has 0 radical (unpaired) electrons. The number of benzene rings is 1. The van der Waals surface area contributed by atoms with Gasteiger partial charge in [-0.3, -0.25) is 14.4 Å². The molecule has 1 unspecified atom stereocenters. The zero-order valence-electron chi connectivity index (χ0n) is 12.5. The Morgan fingerprint density at radius 3 is 2.46 bits per heavy atom. The number of aliphatic hydroxyl groups is 1. The molecule has 2 rings (SSSR count). The molecule has 0 aliphatic rings. The normalized spacial score (nSPS) is 11.6. The summed E-state index contributed by atoms with van der Waals surface area (Å²) in [6.45, 7) is -0.406. The topological polar surface area (TPSA) is 95.5 Å². The van der Waals surface area contributed by atoms with Gasteiger partial charge in [-0.15, -0.1) is 11.3 Å². The van der Waals surface area contributed by atoms with Crippen molar-refractivity contribution in [3.63, 3.8) is 0 Å². The summed E-state index contributed by atoms with van der Waals surface area (Å²) in [7, 11) is 0. The van der Waals surface area contributed by atoms with E-state index in [0.29, 0.717) is 5.02 Å². The van der Waals surface area contributed by atoms with E-state index in [-0.39, 0.29) is 11.4 Å². The first-order valence-electron chi connectivity index (χ1n) is 7.03. The van der Waals surface area contributed by atoms with Crippen LogP contribution in [0.25, 0.3) is 0 Å². The highest BCUT2D eigenvalue weighted by molar-refractivity contribution is 7.13. The zero-order valence-corrected chi connectivity index (χ0v) is 14.1. The fourth-order valence-corrected chi connectivity index (χ4v) is 2.64. The van der Waals surface area contributed by atoms with Crippen LogP contribution >= 0.6 is 22.9 Å². The molecule has 0 aliphatic heterocycles. The van der Waals surface area contributed by atoms with Crippen molar-refractivity contribution >= 4 is 40.5 Å². The van der Waals surface area contributed by atoms with Crippen molar-refractivity contribution in [2.75, 3.05) is 6.61 Å². The van der Waals surface area contributed by atoms with E-state index >= 15 is 0 Å². The minimum absolute atomic E-state index is 0.210. The summed E-state index contributed by atoms with van der Waals surface area (Å²) in [6, 6.07) is 8.83. The third-order valence-electron chi connectivity index (χ3n) is 3.14. The fraction of sp³-hybridized carbons (Fsp3) is 0.188. The third kappa shape index (κ3) is 4.89. The minimum Gasteiger partial charge on any atom is -0.394 e. The van der Waals surface area contributed by atoms with Gasteiger partial charge in [-0.1, -0.05) is 29.8 Å². The summed E-state index contributed by atoms with van der Waals surface area (Å²) in [5, 5.41) is 16.4. The predicted molar refractivity (Wildman–Crippen MR) is 91.0 cm³/mol. The van der Waals surface area contributed by atoms with E-state index in [9.17, 15) is 19.5 Å². The number of hydrogen-bond donors (Lipinski definition) is 3. The maximum Gasteiger partial charge on any atom is 0.293 e. The molecule has 8 heteroatoms. The number of rotatable bonds is 7. The highest BCUT2D eigenvalue weighted by Crippen LogP contribution is 2.10. The fourth-order valence-electron chi connectivity index (χ4n) is 1.85. The lowest BCUT2D eigenvalue weighted by Crippen LogP contribution is -2.50. The molecular weight excluding hydrogens is 352 g/mol. The van der Waals surface area contributed by atoms with Gasteiger partial charge >= 0.3 is 0 Å². The van der Waals surface area contributed by atoms with Gasteiger partial charge in [-0.2, -0.15) is 0 Å². The van der Waals surface area contributed by atoms with E-state index in [1.165, 1.54) is 6.07 Å². The number of carbonyl (C=O) groups is 3. The molecule has 0 spiro atoms. The Balaban J connectivity index is 1.90. The summed E-state index contributed by atoms with van der Waals surface area (Å²) < 4.78 is 0. The summed E-state index contributed by atoms with van der Waals surface area (Å²) in [5.74, 6) is -2.26. The quantitative estimate of drug-likeness (QED) is 0.509. The molecule has 6 nitrogen and oxygen atoms in total. The maximum absolute atomic E-state index is 12.0. The van der Waals surface area contributed by atoms with E-state index in [1.54, 1.807) is 35.7 Å². The average molecular weight is 367 g/mol. The number of Topliss-reactive ketones (excluding diaryl/α,β-unsaturated/α-hetero) is 1. The summed E-state index contributed by atoms with van der Waals surface area (Å²) >= 11 is 6.90. The summed E-state index contributed by atoms with van der Waals surface area (Å²) in [4.78, 5) is 36.0. The molecule has 1 atom stereocenters. The van der Waals surface area contributed by atoms with E-state index in [1.807, 2.05) is 0 Å². The number of aliphatic hydroxyl groups excluding tert-OH is 1. The lowest BCUT2D eigenvalue weighted by atomic mass is 10.2. The average Bonchev–Trinajstić information content (AvgIpc) is 3.12. The zero-order chi connectivity index (χ0) is 17.5. The summed E-state index contributed by atoms with van der Waals surface area (Å²) in [6.07, 6.45) is 0. The molecule has 0 saturated heterocycles. The van der Waals surface area contributed by atoms with Crippen molar-refractivity contribution in [2.45, 2.75) is 12.6 Å². The molecule has 0 bridgehead atoms. The van der Waals surface area contributed by atoms with Crippen LogP contribution < -0.4 is 10.6 Å². The predicted octanol–water partition coefficient (Wildman–Crippen LogP) is 1.38. The first-order chi connectivity index (χ1) is 11.5. The van der Waals surface area contributed by atoms with Crippen molar-refractivity contribution in [2.24, 2.45) is 0 Å². The van der Waals surface area contributed by atoms with Crippen LogP contribution in [0, 0.1) is 0 Å². The molecule has 3 N–H and O–H groups in total. The van der Waals surface area contributed by atoms with Gasteiger partial charge in [-0.25, -0.2) is 0 Å². The van der Waals surface area contributed by atoms with Crippen molar-refractivity contribution in [3.8, 4) is 0 Å². The second-order valence-corrected chi connectivity index (χ2v) is 6.24. The third-order valence-corrected chi connectivity index (χ3v) is 4.26. The van der Waals surface area contributed by atoms with Gasteiger partial charge in [-0.05, 0) is 29.1 Å². The van der Waals surface area contributed by atoms with Crippen LogP contribution in [0.4, 0.5) is 0 Å². The first-order valence-corrected chi connectivity index (χ1v) is 8.28. The Morgan fingerprint density at radius 2 is 1.88 bits per heavy atom. The van der Waals surface area contributed by atoms with Crippen LogP contribution in [0.2, 0.25) is 5.02 Å². The van der Waals surface area contributed by atoms with Gasteiger partial charge < -0.3 is 15.7 Å². The molecule has 126 valence electrons. The standard InChI is InChI=1S/C16H15ClN2O4S/c17-11-5-3-10(4-6-11)8-18-15(22)12(9-20)19-16(23)14(21)13-2-1-7-24-13/h1-7,12,20H,8-9H2,(H,18,22)(H,19,23). The second-order valence-electron chi connectivity index (χ2n) is 4.86. The lowest BCUT2D eigenvalue weighted by molar-refractivity contribution is -0.128. The van der Waals surface area contributed by atoms with Gasteiger partial charge in [0.25, 0.3) is 11.7 Å². The molecule has 1 aromatic carbocycles. The van der Waals surface area contributed by atoms with Gasteiger partial charge in [0.1, 0.15) is 6.04 Å². The van der Waals surface area contributed by atoms with Crippen molar-refractivity contribution < 1.29 is 19.5 Å². The van der Waals surface area contributed by atoms with Crippen LogP contribution in [0.15, 0.2) is 41.8 Å².